The van der Waals surface area contributed by atoms with Gasteiger partial charge in [-0.05, 0) is 42.0 Å². The van der Waals surface area contributed by atoms with Crippen LogP contribution in [-0.2, 0) is 17.8 Å². The van der Waals surface area contributed by atoms with Gasteiger partial charge in [0.25, 0.3) is 0 Å². The first kappa shape index (κ1) is 20.7. The molecule has 154 valence electrons. The summed E-state index contributed by atoms with van der Waals surface area (Å²) >= 11 is 0. The maximum atomic E-state index is 13.4. The van der Waals surface area contributed by atoms with Crippen LogP contribution in [0.15, 0.2) is 54.7 Å². The van der Waals surface area contributed by atoms with Crippen molar-refractivity contribution in [3.8, 4) is 0 Å². The zero-order valence-corrected chi connectivity index (χ0v) is 15.8. The van der Waals surface area contributed by atoms with Crippen LogP contribution in [0.3, 0.4) is 0 Å². The van der Waals surface area contributed by atoms with Crippen molar-refractivity contribution in [1.29, 1.82) is 0 Å². The molecular weight excluding hydrogens is 392 g/mol. The van der Waals surface area contributed by atoms with E-state index in [1.54, 1.807) is 30.3 Å². The lowest BCUT2D eigenvalue weighted by molar-refractivity contribution is -0.117. The van der Waals surface area contributed by atoms with E-state index in [2.05, 4.69) is 15.6 Å². The van der Waals surface area contributed by atoms with Crippen LogP contribution in [0.25, 0.3) is 0 Å². The SMILES string of the molecule is NC(=O)Cc1cnc(Nc2ccc(C(N)=O)cc2)cc1NCc1cc(F)cc(F)c1. The lowest BCUT2D eigenvalue weighted by atomic mass is 10.1. The molecule has 0 spiro atoms. The van der Waals surface area contributed by atoms with Gasteiger partial charge in [0.1, 0.15) is 17.5 Å². The molecule has 0 bridgehead atoms. The van der Waals surface area contributed by atoms with Crippen LogP contribution in [0.4, 0.5) is 26.0 Å². The number of nitrogens with zero attached hydrogens (tertiary/aromatic N) is 1. The van der Waals surface area contributed by atoms with Crippen LogP contribution in [0.2, 0.25) is 0 Å². The van der Waals surface area contributed by atoms with E-state index in [4.69, 9.17) is 11.5 Å². The van der Waals surface area contributed by atoms with E-state index in [0.29, 0.717) is 33.9 Å². The quantitative estimate of drug-likeness (QED) is 0.454. The molecule has 0 aliphatic carbocycles. The summed E-state index contributed by atoms with van der Waals surface area (Å²) in [6.45, 7) is 0.122. The van der Waals surface area contributed by atoms with Crippen molar-refractivity contribution in [2.24, 2.45) is 11.5 Å². The topological polar surface area (TPSA) is 123 Å². The first-order chi connectivity index (χ1) is 14.3. The van der Waals surface area contributed by atoms with Gasteiger partial charge in [0.15, 0.2) is 0 Å². The van der Waals surface area contributed by atoms with Crippen LogP contribution in [-0.4, -0.2) is 16.8 Å². The van der Waals surface area contributed by atoms with Gasteiger partial charge >= 0.3 is 0 Å². The third-order valence-electron chi connectivity index (χ3n) is 4.20. The predicted molar refractivity (Wildman–Crippen MR) is 109 cm³/mol. The Hall–Kier alpha value is -4.01. The average molecular weight is 411 g/mol. The molecule has 3 aromatic rings. The number of primary amides is 2. The normalized spacial score (nSPS) is 10.5. The number of anilines is 3. The van der Waals surface area contributed by atoms with Crippen molar-refractivity contribution in [3.05, 3.63) is 83.1 Å². The monoisotopic (exact) mass is 411 g/mol. The minimum absolute atomic E-state index is 0.0551. The molecule has 0 saturated heterocycles. The van der Waals surface area contributed by atoms with E-state index in [1.807, 2.05) is 0 Å². The van der Waals surface area contributed by atoms with E-state index in [9.17, 15) is 18.4 Å². The van der Waals surface area contributed by atoms with Crippen molar-refractivity contribution in [2.45, 2.75) is 13.0 Å². The Morgan fingerprint density at radius 3 is 2.23 bits per heavy atom. The number of pyridine rings is 1. The van der Waals surface area contributed by atoms with Gasteiger partial charge in [-0.3, -0.25) is 9.59 Å². The molecule has 0 fully saturated rings. The van der Waals surface area contributed by atoms with Gasteiger partial charge in [0, 0.05) is 47.4 Å². The Labute approximate surface area is 171 Å². The van der Waals surface area contributed by atoms with Crippen molar-refractivity contribution >= 4 is 29.0 Å². The van der Waals surface area contributed by atoms with Crippen molar-refractivity contribution in [2.75, 3.05) is 10.6 Å². The number of carbonyl (C=O) groups is 2. The first-order valence-electron chi connectivity index (χ1n) is 8.93. The molecule has 0 aliphatic heterocycles. The summed E-state index contributed by atoms with van der Waals surface area (Å²) in [4.78, 5) is 26.8. The molecule has 2 amide bonds. The fraction of sp³-hybridized carbons (Fsp3) is 0.0952. The molecule has 1 aromatic heterocycles. The number of nitrogens with two attached hydrogens (primary N) is 2. The molecule has 0 unspecified atom stereocenters. The van der Waals surface area contributed by atoms with Gasteiger partial charge in [0.05, 0.1) is 6.42 Å². The number of aromatic nitrogens is 1. The molecule has 30 heavy (non-hydrogen) atoms. The van der Waals surface area contributed by atoms with E-state index in [0.717, 1.165) is 6.07 Å². The summed E-state index contributed by atoms with van der Waals surface area (Å²) in [7, 11) is 0. The second kappa shape index (κ2) is 8.99. The molecule has 7 nitrogen and oxygen atoms in total. The number of halogens is 2. The summed E-state index contributed by atoms with van der Waals surface area (Å²) in [5.41, 5.74) is 13.0. The number of hydrogen-bond acceptors (Lipinski definition) is 5. The average Bonchev–Trinajstić information content (AvgIpc) is 2.67. The third kappa shape index (κ3) is 5.51. The Morgan fingerprint density at radius 1 is 0.967 bits per heavy atom. The summed E-state index contributed by atoms with van der Waals surface area (Å²) in [5, 5.41) is 6.13. The number of hydrogen-bond donors (Lipinski definition) is 4. The molecule has 0 radical (unpaired) electrons. The van der Waals surface area contributed by atoms with Crippen LogP contribution in [0, 0.1) is 11.6 Å². The Kier molecular flexibility index (Phi) is 6.21. The predicted octanol–water partition coefficient (Wildman–Crippen LogP) is 2.84. The standard InChI is InChI=1S/C21H19F2N5O2/c22-15-5-12(6-16(23)8-15)10-26-18-9-20(27-11-14(18)7-19(24)29)28-17-3-1-13(2-4-17)21(25)30/h1-6,8-9,11H,7,10H2,(H2,24,29)(H2,25,30)(H2,26,27,28). The summed E-state index contributed by atoms with van der Waals surface area (Å²) in [6.07, 6.45) is 1.43. The molecule has 9 heteroatoms. The number of benzene rings is 2. The van der Waals surface area contributed by atoms with Crippen LogP contribution in [0.1, 0.15) is 21.5 Å². The Balaban J connectivity index is 1.81. The number of nitrogens with one attached hydrogen (secondary N) is 2. The summed E-state index contributed by atoms with van der Waals surface area (Å²) < 4.78 is 26.8. The highest BCUT2D eigenvalue weighted by Gasteiger charge is 2.10. The highest BCUT2D eigenvalue weighted by molar-refractivity contribution is 5.93. The minimum atomic E-state index is -0.680. The highest BCUT2D eigenvalue weighted by atomic mass is 19.1. The minimum Gasteiger partial charge on any atom is -0.381 e. The maximum Gasteiger partial charge on any atom is 0.248 e. The highest BCUT2D eigenvalue weighted by Crippen LogP contribution is 2.23. The molecule has 0 saturated carbocycles. The van der Waals surface area contributed by atoms with Crippen LogP contribution < -0.4 is 22.1 Å². The van der Waals surface area contributed by atoms with E-state index >= 15 is 0 Å². The van der Waals surface area contributed by atoms with Gasteiger partial charge in [0.2, 0.25) is 11.8 Å². The molecule has 0 aliphatic rings. The molecular formula is C21H19F2N5O2. The second-order valence-corrected chi connectivity index (χ2v) is 6.57. The maximum absolute atomic E-state index is 13.4. The first-order valence-corrected chi connectivity index (χ1v) is 8.93. The smallest absolute Gasteiger partial charge is 0.248 e. The van der Waals surface area contributed by atoms with E-state index < -0.39 is 23.4 Å². The van der Waals surface area contributed by atoms with Crippen LogP contribution in [0.5, 0.6) is 0 Å². The Morgan fingerprint density at radius 2 is 1.63 bits per heavy atom. The number of rotatable bonds is 8. The zero-order valence-electron chi connectivity index (χ0n) is 15.8. The summed E-state index contributed by atoms with van der Waals surface area (Å²) in [6, 6.07) is 11.3. The van der Waals surface area contributed by atoms with Crippen molar-refractivity contribution in [3.63, 3.8) is 0 Å². The largest absolute Gasteiger partial charge is 0.381 e. The fourth-order valence-corrected chi connectivity index (χ4v) is 2.82. The van der Waals surface area contributed by atoms with Crippen molar-refractivity contribution < 1.29 is 18.4 Å². The Bertz CT molecular complexity index is 1070. The van der Waals surface area contributed by atoms with E-state index in [1.165, 1.54) is 18.3 Å². The van der Waals surface area contributed by atoms with Crippen LogP contribution >= 0.6 is 0 Å². The van der Waals surface area contributed by atoms with Crippen molar-refractivity contribution in [1.82, 2.24) is 4.98 Å². The third-order valence-corrected chi connectivity index (χ3v) is 4.20. The van der Waals surface area contributed by atoms with Gasteiger partial charge in [-0.1, -0.05) is 0 Å². The van der Waals surface area contributed by atoms with Gasteiger partial charge in [-0.25, -0.2) is 13.8 Å². The fourth-order valence-electron chi connectivity index (χ4n) is 2.82. The molecule has 2 aromatic carbocycles. The number of amides is 2. The van der Waals surface area contributed by atoms with Gasteiger partial charge in [-0.2, -0.15) is 0 Å². The van der Waals surface area contributed by atoms with Gasteiger partial charge < -0.3 is 22.1 Å². The lowest BCUT2D eigenvalue weighted by Gasteiger charge is -2.14. The summed E-state index contributed by atoms with van der Waals surface area (Å²) in [5.74, 6) is -1.99. The molecule has 1 heterocycles. The molecule has 6 N–H and O–H groups in total. The second-order valence-electron chi connectivity index (χ2n) is 6.57. The molecule has 3 rings (SSSR count). The molecule has 0 atom stereocenters. The zero-order chi connectivity index (χ0) is 21.7. The lowest BCUT2D eigenvalue weighted by Crippen LogP contribution is -2.15. The number of carbonyl (C=O) groups excluding carboxylic acids is 2. The van der Waals surface area contributed by atoms with E-state index in [-0.39, 0.29) is 13.0 Å². The van der Waals surface area contributed by atoms with Gasteiger partial charge in [-0.15, -0.1) is 0 Å².